The number of hydrogen-bond donors (Lipinski definition) is 0. The molecule has 6 heteroatoms. The van der Waals surface area contributed by atoms with Crippen LogP contribution in [0.2, 0.25) is 0 Å². The summed E-state index contributed by atoms with van der Waals surface area (Å²) in [6.07, 6.45) is 0. The third-order valence-corrected chi connectivity index (χ3v) is 4.24. The van der Waals surface area contributed by atoms with E-state index in [9.17, 15) is 4.57 Å². The highest BCUT2D eigenvalue weighted by molar-refractivity contribution is 9.10. The van der Waals surface area contributed by atoms with Gasteiger partial charge in [0.1, 0.15) is 0 Å². The molecule has 0 atom stereocenters. The van der Waals surface area contributed by atoms with Crippen LogP contribution in [-0.4, -0.2) is 0 Å². The predicted molar refractivity (Wildman–Crippen MR) is 86.9 cm³/mol. The van der Waals surface area contributed by atoms with Crippen LogP contribution in [0.3, 0.4) is 0 Å². The fourth-order valence-corrected chi connectivity index (χ4v) is 3.13. The van der Waals surface area contributed by atoms with E-state index < -0.39 is 8.25 Å². The second kappa shape index (κ2) is 8.11. The Balaban J connectivity index is 1.78. The quantitative estimate of drug-likeness (QED) is 0.593. The van der Waals surface area contributed by atoms with Crippen molar-refractivity contribution >= 4 is 40.1 Å². The first-order chi connectivity index (χ1) is 9.63. The molecule has 0 unspecified atom stereocenters. The lowest BCUT2D eigenvalue weighted by Gasteiger charge is -2.06. The van der Waals surface area contributed by atoms with Gasteiger partial charge in [0, 0.05) is 8.95 Å². The molecule has 106 valence electrons. The third-order valence-electron chi connectivity index (χ3n) is 2.49. The SMILES string of the molecule is O=[PH](OCc1cccc(Br)c1)OCc1cccc(Br)c1. The largest absolute Gasteiger partial charge is 0.319 e. The van der Waals surface area contributed by atoms with Crippen LogP contribution in [-0.2, 0) is 26.8 Å². The lowest BCUT2D eigenvalue weighted by atomic mass is 10.2. The van der Waals surface area contributed by atoms with Gasteiger partial charge in [-0.15, -0.1) is 0 Å². The first-order valence-electron chi connectivity index (χ1n) is 5.92. The van der Waals surface area contributed by atoms with E-state index >= 15 is 0 Å². The van der Waals surface area contributed by atoms with Crippen LogP contribution in [0.15, 0.2) is 57.5 Å². The maximum Gasteiger partial charge on any atom is 0.319 e. The van der Waals surface area contributed by atoms with Crippen LogP contribution in [0, 0.1) is 0 Å². The first-order valence-corrected chi connectivity index (χ1v) is 8.73. The molecule has 0 saturated heterocycles. The third kappa shape index (κ3) is 5.51. The minimum atomic E-state index is -2.49. The van der Waals surface area contributed by atoms with E-state index in [1.54, 1.807) is 0 Å². The highest BCUT2D eigenvalue weighted by Crippen LogP contribution is 2.28. The first kappa shape index (κ1) is 15.9. The van der Waals surface area contributed by atoms with E-state index in [4.69, 9.17) is 9.05 Å². The Morgan fingerprint density at radius 2 is 1.30 bits per heavy atom. The standard InChI is InChI=1S/C14H13Br2O3P/c15-13-5-1-3-11(7-13)9-18-20(17)19-10-12-4-2-6-14(16)8-12/h1-8,20H,9-10H2. The molecule has 20 heavy (non-hydrogen) atoms. The van der Waals surface area contributed by atoms with Gasteiger partial charge in [0.2, 0.25) is 0 Å². The summed E-state index contributed by atoms with van der Waals surface area (Å²) in [5.41, 5.74) is 1.90. The average molecular weight is 420 g/mol. The molecule has 0 radical (unpaired) electrons. The molecule has 2 aromatic carbocycles. The molecule has 0 aromatic heterocycles. The molecule has 0 heterocycles. The van der Waals surface area contributed by atoms with Crippen molar-refractivity contribution in [3.63, 3.8) is 0 Å². The molecule has 0 fully saturated rings. The topological polar surface area (TPSA) is 35.5 Å². The molecule has 0 bridgehead atoms. The molecule has 2 rings (SSSR count). The van der Waals surface area contributed by atoms with E-state index in [2.05, 4.69) is 31.9 Å². The maximum atomic E-state index is 11.7. The van der Waals surface area contributed by atoms with Crippen molar-refractivity contribution in [2.24, 2.45) is 0 Å². The Morgan fingerprint density at radius 3 is 1.70 bits per heavy atom. The summed E-state index contributed by atoms with van der Waals surface area (Å²) >= 11 is 6.75. The summed E-state index contributed by atoms with van der Waals surface area (Å²) in [5, 5.41) is 0. The van der Waals surface area contributed by atoms with Crippen molar-refractivity contribution in [1.82, 2.24) is 0 Å². The summed E-state index contributed by atoms with van der Waals surface area (Å²) < 4.78 is 24.1. The second-order valence-corrected chi connectivity index (χ2v) is 7.00. The lowest BCUT2D eigenvalue weighted by Crippen LogP contribution is -1.90. The fraction of sp³-hybridized carbons (Fsp3) is 0.143. The molecular formula is C14H13Br2O3P. The maximum absolute atomic E-state index is 11.7. The van der Waals surface area contributed by atoms with Crippen molar-refractivity contribution in [2.45, 2.75) is 13.2 Å². The smallest absolute Gasteiger partial charge is 0.306 e. The van der Waals surface area contributed by atoms with Gasteiger partial charge in [-0.3, -0.25) is 4.57 Å². The van der Waals surface area contributed by atoms with Crippen molar-refractivity contribution in [2.75, 3.05) is 0 Å². The molecular weight excluding hydrogens is 407 g/mol. The van der Waals surface area contributed by atoms with E-state index in [0.717, 1.165) is 20.1 Å². The second-order valence-electron chi connectivity index (χ2n) is 4.09. The van der Waals surface area contributed by atoms with Crippen LogP contribution in [0.1, 0.15) is 11.1 Å². The Morgan fingerprint density at radius 1 is 0.850 bits per heavy atom. The van der Waals surface area contributed by atoms with Crippen molar-refractivity contribution in [3.05, 3.63) is 68.6 Å². The zero-order valence-electron chi connectivity index (χ0n) is 10.5. The Hall–Kier alpha value is -0.450. The molecule has 0 aliphatic rings. The van der Waals surface area contributed by atoms with E-state index in [1.165, 1.54) is 0 Å². The van der Waals surface area contributed by atoms with Gasteiger partial charge >= 0.3 is 8.25 Å². The lowest BCUT2D eigenvalue weighted by molar-refractivity contribution is 0.213. The minimum Gasteiger partial charge on any atom is -0.306 e. The van der Waals surface area contributed by atoms with Gasteiger partial charge in [-0.1, -0.05) is 56.1 Å². The summed E-state index contributed by atoms with van der Waals surface area (Å²) in [7, 11) is -2.49. The van der Waals surface area contributed by atoms with Gasteiger partial charge in [0.15, 0.2) is 0 Å². The van der Waals surface area contributed by atoms with Gasteiger partial charge in [-0.2, -0.15) is 0 Å². The number of halogens is 2. The van der Waals surface area contributed by atoms with E-state index in [0.29, 0.717) is 0 Å². The summed E-state index contributed by atoms with van der Waals surface area (Å²) in [6, 6.07) is 15.3. The van der Waals surface area contributed by atoms with Crippen LogP contribution in [0.25, 0.3) is 0 Å². The van der Waals surface area contributed by atoms with Crippen LogP contribution in [0.5, 0.6) is 0 Å². The average Bonchev–Trinajstić information content (AvgIpc) is 2.43. The molecule has 3 nitrogen and oxygen atoms in total. The molecule has 0 saturated carbocycles. The molecule has 0 N–H and O–H groups in total. The van der Waals surface area contributed by atoms with Gasteiger partial charge in [-0.05, 0) is 35.4 Å². The van der Waals surface area contributed by atoms with E-state index in [-0.39, 0.29) is 13.2 Å². The Kier molecular flexibility index (Phi) is 6.46. The molecule has 0 spiro atoms. The highest BCUT2D eigenvalue weighted by Gasteiger charge is 2.03. The Bertz CT molecular complexity index is 553. The zero-order valence-corrected chi connectivity index (χ0v) is 14.7. The monoisotopic (exact) mass is 418 g/mol. The van der Waals surface area contributed by atoms with Gasteiger partial charge in [-0.25, -0.2) is 0 Å². The van der Waals surface area contributed by atoms with Crippen molar-refractivity contribution in [1.29, 1.82) is 0 Å². The van der Waals surface area contributed by atoms with Crippen LogP contribution >= 0.6 is 40.1 Å². The summed E-state index contributed by atoms with van der Waals surface area (Å²) in [4.78, 5) is 0. The summed E-state index contributed by atoms with van der Waals surface area (Å²) in [5.74, 6) is 0. The van der Waals surface area contributed by atoms with Gasteiger partial charge < -0.3 is 9.05 Å². The van der Waals surface area contributed by atoms with E-state index in [1.807, 2.05) is 48.5 Å². The highest BCUT2D eigenvalue weighted by atomic mass is 79.9. The predicted octanol–water partition coefficient (Wildman–Crippen LogP) is 5.33. The van der Waals surface area contributed by atoms with Crippen molar-refractivity contribution < 1.29 is 13.6 Å². The zero-order chi connectivity index (χ0) is 14.4. The molecule has 2 aromatic rings. The van der Waals surface area contributed by atoms with Crippen LogP contribution < -0.4 is 0 Å². The summed E-state index contributed by atoms with van der Waals surface area (Å²) in [6.45, 7) is 0.547. The van der Waals surface area contributed by atoms with Crippen molar-refractivity contribution in [3.8, 4) is 0 Å². The van der Waals surface area contributed by atoms with Crippen LogP contribution in [0.4, 0.5) is 0 Å². The normalized spacial score (nSPS) is 10.9. The number of benzene rings is 2. The fourth-order valence-electron chi connectivity index (χ4n) is 1.58. The minimum absolute atomic E-state index is 0.274. The number of rotatable bonds is 6. The van der Waals surface area contributed by atoms with Gasteiger partial charge in [0.25, 0.3) is 0 Å². The molecule has 0 amide bonds. The Labute approximate surface area is 135 Å². The number of hydrogen-bond acceptors (Lipinski definition) is 3. The molecule has 0 aliphatic heterocycles. The van der Waals surface area contributed by atoms with Gasteiger partial charge in [0.05, 0.1) is 13.2 Å². The molecule has 0 aliphatic carbocycles.